The zero-order chi connectivity index (χ0) is 12.0. The molecule has 0 bridgehead atoms. The molecule has 0 atom stereocenters. The number of hydrogen-bond acceptors (Lipinski definition) is 6. The second-order valence-corrected chi connectivity index (χ2v) is 4.61. The van der Waals surface area contributed by atoms with Crippen molar-refractivity contribution in [2.45, 2.75) is 5.75 Å². The third-order valence-electron chi connectivity index (χ3n) is 1.85. The van der Waals surface area contributed by atoms with E-state index in [1.807, 2.05) is 19.5 Å². The molecule has 0 aliphatic carbocycles. The third-order valence-corrected chi connectivity index (χ3v) is 2.81. The van der Waals surface area contributed by atoms with Crippen molar-refractivity contribution in [3.8, 4) is 0 Å². The largest absolute Gasteiger partial charge is 0.360 e. The Labute approximate surface area is 98.5 Å². The van der Waals surface area contributed by atoms with Gasteiger partial charge in [-0.25, -0.2) is 5.84 Å². The molecule has 0 saturated heterocycles. The predicted molar refractivity (Wildman–Crippen MR) is 62.9 cm³/mol. The normalized spacial score (nSPS) is 10.8. The van der Waals surface area contributed by atoms with Gasteiger partial charge in [-0.3, -0.25) is 10.2 Å². The van der Waals surface area contributed by atoms with E-state index in [0.29, 0.717) is 11.5 Å². The second-order valence-electron chi connectivity index (χ2n) is 3.51. The van der Waals surface area contributed by atoms with Crippen molar-refractivity contribution in [3.05, 3.63) is 17.5 Å². The molecule has 7 heteroatoms. The molecule has 0 aliphatic heterocycles. The highest BCUT2D eigenvalue weighted by Crippen LogP contribution is 2.13. The minimum atomic E-state index is -0.437. The summed E-state index contributed by atoms with van der Waals surface area (Å²) in [5.41, 5.74) is 2.22. The van der Waals surface area contributed by atoms with Gasteiger partial charge in [-0.15, -0.1) is 0 Å². The van der Waals surface area contributed by atoms with Crippen LogP contribution in [0.3, 0.4) is 0 Å². The molecule has 0 radical (unpaired) electrons. The number of aromatic nitrogens is 1. The summed E-state index contributed by atoms with van der Waals surface area (Å²) in [6.07, 6.45) is 0. The van der Waals surface area contributed by atoms with Crippen LogP contribution >= 0.6 is 11.8 Å². The maximum atomic E-state index is 11.1. The SMILES string of the molecule is CN(C)CCSCc1cc(C(=O)NN)no1. The lowest BCUT2D eigenvalue weighted by molar-refractivity contribution is 0.0944. The molecule has 0 saturated carbocycles. The van der Waals surface area contributed by atoms with E-state index in [0.717, 1.165) is 12.3 Å². The van der Waals surface area contributed by atoms with E-state index in [4.69, 9.17) is 10.4 Å². The Morgan fingerprint density at radius 2 is 2.44 bits per heavy atom. The molecule has 0 spiro atoms. The Hall–Kier alpha value is -1.05. The molecule has 1 aromatic rings. The van der Waals surface area contributed by atoms with Crippen LogP contribution in [0.4, 0.5) is 0 Å². The Bertz CT molecular complexity index is 340. The van der Waals surface area contributed by atoms with Crippen molar-refractivity contribution in [1.29, 1.82) is 0 Å². The number of thioether (sulfide) groups is 1. The third kappa shape index (κ3) is 4.21. The van der Waals surface area contributed by atoms with Crippen molar-refractivity contribution in [1.82, 2.24) is 15.5 Å². The number of nitrogens with one attached hydrogen (secondary N) is 1. The lowest BCUT2D eigenvalue weighted by Crippen LogP contribution is -2.30. The monoisotopic (exact) mass is 244 g/mol. The lowest BCUT2D eigenvalue weighted by Gasteiger charge is -2.07. The molecule has 1 heterocycles. The topological polar surface area (TPSA) is 84.4 Å². The van der Waals surface area contributed by atoms with E-state index < -0.39 is 5.91 Å². The lowest BCUT2D eigenvalue weighted by atomic mass is 10.4. The van der Waals surface area contributed by atoms with Gasteiger partial charge in [-0.05, 0) is 14.1 Å². The van der Waals surface area contributed by atoms with Gasteiger partial charge in [0.2, 0.25) is 0 Å². The van der Waals surface area contributed by atoms with Crippen LogP contribution in [0.15, 0.2) is 10.6 Å². The van der Waals surface area contributed by atoms with E-state index in [1.54, 1.807) is 17.8 Å². The number of amides is 1. The van der Waals surface area contributed by atoms with Gasteiger partial charge >= 0.3 is 0 Å². The van der Waals surface area contributed by atoms with Gasteiger partial charge < -0.3 is 9.42 Å². The van der Waals surface area contributed by atoms with Crippen molar-refractivity contribution >= 4 is 17.7 Å². The van der Waals surface area contributed by atoms with Crippen molar-refractivity contribution < 1.29 is 9.32 Å². The van der Waals surface area contributed by atoms with Gasteiger partial charge in [0, 0.05) is 18.4 Å². The molecular formula is C9H16N4O2S. The van der Waals surface area contributed by atoms with Gasteiger partial charge in [-0.1, -0.05) is 5.16 Å². The zero-order valence-corrected chi connectivity index (χ0v) is 10.2. The quantitative estimate of drug-likeness (QED) is 0.319. The fourth-order valence-corrected chi connectivity index (χ4v) is 1.96. The van der Waals surface area contributed by atoms with Crippen molar-refractivity contribution in [3.63, 3.8) is 0 Å². The van der Waals surface area contributed by atoms with E-state index in [1.165, 1.54) is 0 Å². The molecule has 90 valence electrons. The number of nitrogens with zero attached hydrogens (tertiary/aromatic N) is 2. The first-order chi connectivity index (χ1) is 7.63. The first-order valence-electron chi connectivity index (χ1n) is 4.82. The molecule has 1 aromatic heterocycles. The van der Waals surface area contributed by atoms with Crippen LogP contribution in [0.5, 0.6) is 0 Å². The summed E-state index contributed by atoms with van der Waals surface area (Å²) in [4.78, 5) is 13.2. The number of nitrogen functional groups attached to an aromatic ring is 1. The highest BCUT2D eigenvalue weighted by molar-refractivity contribution is 7.98. The molecule has 6 nitrogen and oxygen atoms in total. The van der Waals surface area contributed by atoms with Crippen LogP contribution in [0, 0.1) is 0 Å². The average molecular weight is 244 g/mol. The first kappa shape index (κ1) is 13.0. The molecule has 3 N–H and O–H groups in total. The number of carbonyl (C=O) groups is 1. The van der Waals surface area contributed by atoms with Crippen LogP contribution in [-0.4, -0.2) is 42.4 Å². The van der Waals surface area contributed by atoms with Gasteiger partial charge in [0.15, 0.2) is 5.69 Å². The van der Waals surface area contributed by atoms with Gasteiger partial charge in [-0.2, -0.15) is 11.8 Å². The number of hydrogen-bond donors (Lipinski definition) is 2. The number of rotatable bonds is 6. The summed E-state index contributed by atoms with van der Waals surface area (Å²) in [7, 11) is 4.05. The molecule has 0 unspecified atom stereocenters. The minimum absolute atomic E-state index is 0.214. The Morgan fingerprint density at radius 1 is 1.69 bits per heavy atom. The summed E-state index contributed by atoms with van der Waals surface area (Å²) < 4.78 is 4.99. The highest BCUT2D eigenvalue weighted by atomic mass is 32.2. The van der Waals surface area contributed by atoms with Crippen LogP contribution in [0.1, 0.15) is 16.2 Å². The van der Waals surface area contributed by atoms with Crippen molar-refractivity contribution in [2.75, 3.05) is 26.4 Å². The number of carbonyl (C=O) groups excluding carboxylic acids is 1. The van der Waals surface area contributed by atoms with Crippen LogP contribution < -0.4 is 11.3 Å². The predicted octanol–water partition coefficient (Wildman–Crippen LogP) is 0.0729. The molecule has 16 heavy (non-hydrogen) atoms. The van der Waals surface area contributed by atoms with Crippen LogP contribution in [0.2, 0.25) is 0 Å². The standard InChI is InChI=1S/C9H16N4O2S/c1-13(2)3-4-16-6-7-5-8(12-15-7)9(14)11-10/h5H,3-4,6,10H2,1-2H3,(H,11,14). The summed E-state index contributed by atoms with van der Waals surface area (Å²) in [6, 6.07) is 1.60. The van der Waals surface area contributed by atoms with Crippen molar-refractivity contribution in [2.24, 2.45) is 5.84 Å². The molecular weight excluding hydrogens is 228 g/mol. The molecule has 1 rings (SSSR count). The molecule has 0 aromatic carbocycles. The molecule has 0 aliphatic rings. The average Bonchev–Trinajstić information content (AvgIpc) is 2.71. The van der Waals surface area contributed by atoms with Crippen LogP contribution in [0.25, 0.3) is 0 Å². The smallest absolute Gasteiger partial charge is 0.287 e. The Kier molecular flexibility index (Phi) is 5.30. The maximum absolute atomic E-state index is 11.1. The fraction of sp³-hybridized carbons (Fsp3) is 0.556. The van der Waals surface area contributed by atoms with Gasteiger partial charge in [0.05, 0.1) is 5.75 Å². The van der Waals surface area contributed by atoms with E-state index >= 15 is 0 Å². The van der Waals surface area contributed by atoms with E-state index in [-0.39, 0.29) is 5.69 Å². The Balaban J connectivity index is 2.32. The Morgan fingerprint density at radius 3 is 3.06 bits per heavy atom. The summed E-state index contributed by atoms with van der Waals surface area (Å²) in [5.74, 6) is 6.94. The molecule has 1 amide bonds. The first-order valence-corrected chi connectivity index (χ1v) is 5.98. The van der Waals surface area contributed by atoms with E-state index in [9.17, 15) is 4.79 Å². The van der Waals surface area contributed by atoms with Crippen LogP contribution in [-0.2, 0) is 5.75 Å². The fourth-order valence-electron chi connectivity index (χ4n) is 0.982. The zero-order valence-electron chi connectivity index (χ0n) is 9.40. The summed E-state index contributed by atoms with van der Waals surface area (Å²) in [6.45, 7) is 1.01. The number of nitrogens with two attached hydrogens (primary N) is 1. The van der Waals surface area contributed by atoms with Gasteiger partial charge in [0.1, 0.15) is 5.76 Å². The minimum Gasteiger partial charge on any atom is -0.360 e. The highest BCUT2D eigenvalue weighted by Gasteiger charge is 2.10. The van der Waals surface area contributed by atoms with E-state index in [2.05, 4.69) is 10.1 Å². The maximum Gasteiger partial charge on any atom is 0.287 e. The molecule has 0 fully saturated rings. The summed E-state index contributed by atoms with van der Waals surface area (Å²) in [5, 5.41) is 3.61. The summed E-state index contributed by atoms with van der Waals surface area (Å²) >= 11 is 1.73. The second kappa shape index (κ2) is 6.51. The number of hydrazine groups is 1. The van der Waals surface area contributed by atoms with Gasteiger partial charge in [0.25, 0.3) is 5.91 Å².